The lowest BCUT2D eigenvalue weighted by molar-refractivity contribution is 0.199. The van der Waals surface area contributed by atoms with Crippen molar-refractivity contribution >= 4 is 31.9 Å². The molecular formula is C14H11Br2FO2. The summed E-state index contributed by atoms with van der Waals surface area (Å²) in [6.45, 7) is 1.69. The van der Waals surface area contributed by atoms with Gasteiger partial charge in [0, 0.05) is 6.07 Å². The smallest absolute Gasteiger partial charge is 0.141 e. The molecule has 0 saturated carbocycles. The molecule has 0 bridgehead atoms. The van der Waals surface area contributed by atoms with Crippen molar-refractivity contribution < 1.29 is 14.2 Å². The molecule has 0 spiro atoms. The second-order valence-electron chi connectivity index (χ2n) is 4.04. The van der Waals surface area contributed by atoms with Crippen LogP contribution in [-0.4, -0.2) is 5.11 Å². The molecular weight excluding hydrogens is 379 g/mol. The Balaban J connectivity index is 2.25. The summed E-state index contributed by atoms with van der Waals surface area (Å²) in [6, 6.07) is 9.82. The number of ether oxygens (including phenoxy) is 1. The monoisotopic (exact) mass is 388 g/mol. The highest BCUT2D eigenvalue weighted by atomic mass is 79.9. The fraction of sp³-hybridized carbons (Fsp3) is 0.143. The predicted molar refractivity (Wildman–Crippen MR) is 78.9 cm³/mol. The maximum Gasteiger partial charge on any atom is 0.141 e. The fourth-order valence-corrected chi connectivity index (χ4v) is 2.25. The fourth-order valence-electron chi connectivity index (χ4n) is 1.53. The maximum atomic E-state index is 13.4. The van der Waals surface area contributed by atoms with Crippen LogP contribution in [0.3, 0.4) is 0 Å². The zero-order valence-corrected chi connectivity index (χ0v) is 13.2. The van der Waals surface area contributed by atoms with E-state index in [0.29, 0.717) is 20.4 Å². The molecule has 0 amide bonds. The lowest BCUT2D eigenvalue weighted by Gasteiger charge is -2.11. The summed E-state index contributed by atoms with van der Waals surface area (Å²) < 4.78 is 20.1. The van der Waals surface area contributed by atoms with Crippen LogP contribution >= 0.6 is 31.9 Å². The van der Waals surface area contributed by atoms with Gasteiger partial charge in [-0.15, -0.1) is 0 Å². The van der Waals surface area contributed by atoms with E-state index in [-0.39, 0.29) is 5.82 Å². The van der Waals surface area contributed by atoms with Crippen LogP contribution in [0.15, 0.2) is 45.3 Å². The largest absolute Gasteiger partial charge is 0.456 e. The Morgan fingerprint density at radius 3 is 2.42 bits per heavy atom. The van der Waals surface area contributed by atoms with Crippen molar-refractivity contribution in [3.05, 3.63) is 56.7 Å². The molecule has 5 heteroatoms. The van der Waals surface area contributed by atoms with E-state index in [0.717, 1.165) is 5.56 Å². The molecule has 0 saturated heterocycles. The summed E-state index contributed by atoms with van der Waals surface area (Å²) in [5, 5.41) is 9.48. The van der Waals surface area contributed by atoms with E-state index in [4.69, 9.17) is 4.74 Å². The summed E-state index contributed by atoms with van der Waals surface area (Å²) in [4.78, 5) is 0. The minimum Gasteiger partial charge on any atom is -0.456 e. The van der Waals surface area contributed by atoms with Gasteiger partial charge >= 0.3 is 0 Å². The molecule has 0 aromatic heterocycles. The second kappa shape index (κ2) is 6.03. The summed E-state index contributed by atoms with van der Waals surface area (Å²) in [5.74, 6) is 0.589. The Labute approximate surface area is 127 Å². The minimum absolute atomic E-state index is 0.380. The molecule has 0 aliphatic heterocycles. The van der Waals surface area contributed by atoms with Gasteiger partial charge in [-0.25, -0.2) is 4.39 Å². The highest BCUT2D eigenvalue weighted by Gasteiger charge is 2.08. The van der Waals surface area contributed by atoms with Gasteiger partial charge in [-0.3, -0.25) is 0 Å². The van der Waals surface area contributed by atoms with E-state index in [1.165, 1.54) is 6.07 Å². The normalized spacial score (nSPS) is 12.3. The average Bonchev–Trinajstić information content (AvgIpc) is 2.36. The number of hydrogen-bond acceptors (Lipinski definition) is 2. The molecule has 2 aromatic carbocycles. The van der Waals surface area contributed by atoms with Crippen molar-refractivity contribution in [3.63, 3.8) is 0 Å². The summed E-state index contributed by atoms with van der Waals surface area (Å²) in [6.07, 6.45) is -0.546. The second-order valence-corrected chi connectivity index (χ2v) is 5.75. The van der Waals surface area contributed by atoms with Crippen LogP contribution in [0.2, 0.25) is 0 Å². The number of hydrogen-bond donors (Lipinski definition) is 1. The van der Waals surface area contributed by atoms with Crippen molar-refractivity contribution in [1.82, 2.24) is 0 Å². The Kier molecular flexibility index (Phi) is 4.60. The van der Waals surface area contributed by atoms with E-state index in [1.54, 1.807) is 37.3 Å². The lowest BCUT2D eigenvalue weighted by atomic mass is 10.1. The summed E-state index contributed by atoms with van der Waals surface area (Å²) in [5.41, 5.74) is 0.779. The minimum atomic E-state index is -0.546. The molecule has 0 aliphatic carbocycles. The number of rotatable bonds is 3. The zero-order valence-electron chi connectivity index (χ0n) is 10.0. The number of benzene rings is 2. The molecule has 0 heterocycles. The molecule has 0 unspecified atom stereocenters. The van der Waals surface area contributed by atoms with Crippen molar-refractivity contribution in [1.29, 1.82) is 0 Å². The Bertz CT molecular complexity index is 600. The van der Waals surface area contributed by atoms with Crippen LogP contribution in [0.25, 0.3) is 0 Å². The van der Waals surface area contributed by atoms with Gasteiger partial charge in [0.15, 0.2) is 0 Å². The van der Waals surface area contributed by atoms with Gasteiger partial charge in [0.25, 0.3) is 0 Å². The molecule has 0 aliphatic rings. The first-order valence-corrected chi connectivity index (χ1v) is 7.16. The van der Waals surface area contributed by atoms with Gasteiger partial charge in [0.05, 0.1) is 15.0 Å². The third-order valence-corrected chi connectivity index (χ3v) is 3.82. The van der Waals surface area contributed by atoms with Crippen LogP contribution in [-0.2, 0) is 0 Å². The SMILES string of the molecule is C[C@H](O)c1ccc(Oc2ccc(Br)c(F)c2)c(Br)c1. The quantitative estimate of drug-likeness (QED) is 0.781. The summed E-state index contributed by atoms with van der Waals surface area (Å²) in [7, 11) is 0. The molecule has 2 aromatic rings. The highest BCUT2D eigenvalue weighted by molar-refractivity contribution is 9.10. The Morgan fingerprint density at radius 1 is 1.11 bits per heavy atom. The standard InChI is InChI=1S/C14H11Br2FO2/c1-8(18)9-2-5-14(12(16)6-9)19-10-3-4-11(15)13(17)7-10/h2-8,18H,1H3/t8-/m0/s1. The summed E-state index contributed by atoms with van der Waals surface area (Å²) >= 11 is 6.45. The van der Waals surface area contributed by atoms with Crippen LogP contribution in [0, 0.1) is 5.82 Å². The first kappa shape index (κ1) is 14.5. The van der Waals surface area contributed by atoms with E-state index in [9.17, 15) is 9.50 Å². The van der Waals surface area contributed by atoms with Crippen molar-refractivity contribution in [2.75, 3.05) is 0 Å². The molecule has 2 nitrogen and oxygen atoms in total. The van der Waals surface area contributed by atoms with Crippen LogP contribution < -0.4 is 4.74 Å². The molecule has 1 N–H and O–H groups in total. The van der Waals surface area contributed by atoms with E-state index < -0.39 is 6.10 Å². The van der Waals surface area contributed by atoms with Gasteiger partial charge < -0.3 is 9.84 Å². The van der Waals surface area contributed by atoms with E-state index in [1.807, 2.05) is 0 Å². The lowest BCUT2D eigenvalue weighted by Crippen LogP contribution is -1.92. The molecule has 0 radical (unpaired) electrons. The zero-order chi connectivity index (χ0) is 14.0. The van der Waals surface area contributed by atoms with Crippen molar-refractivity contribution in [2.24, 2.45) is 0 Å². The topological polar surface area (TPSA) is 29.5 Å². The Hall–Kier alpha value is -0.910. The predicted octanol–water partition coefficient (Wildman–Crippen LogP) is 5.20. The molecule has 1 atom stereocenters. The highest BCUT2D eigenvalue weighted by Crippen LogP contribution is 2.33. The van der Waals surface area contributed by atoms with E-state index in [2.05, 4.69) is 31.9 Å². The molecule has 100 valence electrons. The third kappa shape index (κ3) is 3.55. The number of aliphatic hydroxyl groups is 1. The van der Waals surface area contributed by atoms with Crippen molar-refractivity contribution in [2.45, 2.75) is 13.0 Å². The van der Waals surface area contributed by atoms with Gasteiger partial charge in [0.1, 0.15) is 17.3 Å². The van der Waals surface area contributed by atoms with Crippen LogP contribution in [0.4, 0.5) is 4.39 Å². The van der Waals surface area contributed by atoms with E-state index >= 15 is 0 Å². The first-order valence-electron chi connectivity index (χ1n) is 5.58. The molecule has 2 rings (SSSR count). The first-order chi connectivity index (χ1) is 8.97. The molecule has 0 fully saturated rings. The number of aliphatic hydroxyl groups excluding tert-OH is 1. The van der Waals surface area contributed by atoms with Crippen molar-refractivity contribution in [3.8, 4) is 11.5 Å². The third-order valence-electron chi connectivity index (χ3n) is 2.56. The van der Waals surface area contributed by atoms with Crippen LogP contribution in [0.5, 0.6) is 11.5 Å². The van der Waals surface area contributed by atoms with Crippen LogP contribution in [0.1, 0.15) is 18.6 Å². The van der Waals surface area contributed by atoms with Gasteiger partial charge in [-0.1, -0.05) is 6.07 Å². The molecule has 19 heavy (non-hydrogen) atoms. The van der Waals surface area contributed by atoms with Gasteiger partial charge in [-0.2, -0.15) is 0 Å². The van der Waals surface area contributed by atoms with Gasteiger partial charge in [-0.05, 0) is 68.6 Å². The maximum absolute atomic E-state index is 13.4. The Morgan fingerprint density at radius 2 is 1.84 bits per heavy atom. The van der Waals surface area contributed by atoms with Gasteiger partial charge in [0.2, 0.25) is 0 Å². The average molecular weight is 390 g/mol. The number of halogens is 3.